The molecule has 3 rings (SSSR count). The largest absolute Gasteiger partial charge is 0.508 e. The molecule has 2 aromatic carbocycles. The highest BCUT2D eigenvalue weighted by molar-refractivity contribution is 5.94. The Morgan fingerprint density at radius 3 is 2.12 bits per heavy atom. The van der Waals surface area contributed by atoms with Gasteiger partial charge in [-0.1, -0.05) is 0 Å². The number of carbonyl (C=O) groups is 1. The van der Waals surface area contributed by atoms with Crippen LogP contribution in [0, 0.1) is 23.0 Å². The molecule has 0 bridgehead atoms. The number of hydrogen-bond acceptors (Lipinski definition) is 4. The first kappa shape index (κ1) is 16.7. The van der Waals surface area contributed by atoms with Crippen LogP contribution in [0.4, 0.5) is 14.5 Å². The lowest BCUT2D eigenvalue weighted by molar-refractivity contribution is 0.0746. The van der Waals surface area contributed by atoms with Crippen LogP contribution in [0.3, 0.4) is 0 Å². The molecule has 0 spiro atoms. The maximum atomic E-state index is 14.1. The lowest BCUT2D eigenvalue weighted by Crippen LogP contribution is -2.49. The second-order valence-electron chi connectivity index (χ2n) is 5.73. The van der Waals surface area contributed by atoms with Crippen LogP contribution in [0.25, 0.3) is 0 Å². The molecule has 0 saturated carbocycles. The molecule has 1 aliphatic rings. The van der Waals surface area contributed by atoms with E-state index in [-0.39, 0.29) is 36.0 Å². The van der Waals surface area contributed by atoms with Gasteiger partial charge in [-0.25, -0.2) is 8.78 Å². The van der Waals surface area contributed by atoms with Crippen LogP contribution in [0.5, 0.6) is 5.75 Å². The number of rotatable bonds is 2. The SMILES string of the molecule is N#Cc1cc(F)c(N2CCN(C(=O)c3ccc(O)cc3)CC2)c(F)c1. The van der Waals surface area contributed by atoms with E-state index >= 15 is 0 Å². The van der Waals surface area contributed by atoms with Gasteiger partial charge in [-0.15, -0.1) is 0 Å². The van der Waals surface area contributed by atoms with Crippen molar-refractivity contribution in [2.45, 2.75) is 0 Å². The maximum absolute atomic E-state index is 14.1. The summed E-state index contributed by atoms with van der Waals surface area (Å²) >= 11 is 0. The Morgan fingerprint density at radius 1 is 1.04 bits per heavy atom. The molecule has 1 N–H and O–H groups in total. The van der Waals surface area contributed by atoms with Crippen molar-refractivity contribution >= 4 is 11.6 Å². The Balaban J connectivity index is 1.71. The number of halogens is 2. The van der Waals surface area contributed by atoms with E-state index in [0.717, 1.165) is 12.1 Å². The van der Waals surface area contributed by atoms with Gasteiger partial charge >= 0.3 is 0 Å². The van der Waals surface area contributed by atoms with E-state index in [1.54, 1.807) is 11.0 Å². The van der Waals surface area contributed by atoms with Crippen molar-refractivity contribution in [3.8, 4) is 11.8 Å². The quantitative estimate of drug-likeness (QED) is 0.910. The summed E-state index contributed by atoms with van der Waals surface area (Å²) in [7, 11) is 0. The first-order chi connectivity index (χ1) is 12.0. The molecular weight excluding hydrogens is 328 g/mol. The molecule has 0 aromatic heterocycles. The number of aromatic hydroxyl groups is 1. The van der Waals surface area contributed by atoms with Crippen LogP contribution >= 0.6 is 0 Å². The van der Waals surface area contributed by atoms with Crippen LogP contribution in [0.15, 0.2) is 36.4 Å². The van der Waals surface area contributed by atoms with Gasteiger partial charge in [0.2, 0.25) is 0 Å². The molecule has 5 nitrogen and oxygen atoms in total. The van der Waals surface area contributed by atoms with Gasteiger partial charge in [0.05, 0.1) is 11.6 Å². The van der Waals surface area contributed by atoms with E-state index in [0.29, 0.717) is 18.7 Å². The summed E-state index contributed by atoms with van der Waals surface area (Å²) in [5.41, 5.74) is 0.206. The summed E-state index contributed by atoms with van der Waals surface area (Å²) in [5, 5.41) is 18.0. The molecule has 0 aliphatic carbocycles. The number of nitrogens with zero attached hydrogens (tertiary/aromatic N) is 3. The van der Waals surface area contributed by atoms with Gasteiger partial charge in [0.25, 0.3) is 5.91 Å². The molecule has 2 aromatic rings. The normalized spacial score (nSPS) is 14.3. The smallest absolute Gasteiger partial charge is 0.253 e. The third-order valence-corrected chi connectivity index (χ3v) is 4.14. The fraction of sp³-hybridized carbons (Fsp3) is 0.222. The van der Waals surface area contributed by atoms with Crippen LogP contribution < -0.4 is 4.90 Å². The summed E-state index contributed by atoms with van der Waals surface area (Å²) in [6.45, 7) is 1.20. The minimum atomic E-state index is -0.783. The van der Waals surface area contributed by atoms with Crippen molar-refractivity contribution in [3.63, 3.8) is 0 Å². The van der Waals surface area contributed by atoms with Gasteiger partial charge < -0.3 is 14.9 Å². The number of phenols is 1. The predicted molar refractivity (Wildman–Crippen MR) is 87.3 cm³/mol. The zero-order valence-corrected chi connectivity index (χ0v) is 13.2. The summed E-state index contributed by atoms with van der Waals surface area (Å²) in [6.07, 6.45) is 0. The summed E-state index contributed by atoms with van der Waals surface area (Å²) in [4.78, 5) is 15.5. The van der Waals surface area contributed by atoms with Crippen molar-refractivity contribution in [1.82, 2.24) is 4.90 Å². The molecule has 25 heavy (non-hydrogen) atoms. The second-order valence-corrected chi connectivity index (χ2v) is 5.73. The number of piperazine rings is 1. The number of anilines is 1. The van der Waals surface area contributed by atoms with Crippen LogP contribution in [-0.2, 0) is 0 Å². The van der Waals surface area contributed by atoms with Crippen molar-refractivity contribution in [2.75, 3.05) is 31.1 Å². The number of amides is 1. The van der Waals surface area contributed by atoms with Gasteiger partial charge in [-0.05, 0) is 36.4 Å². The summed E-state index contributed by atoms with van der Waals surface area (Å²) < 4.78 is 28.2. The molecule has 1 saturated heterocycles. The fourth-order valence-electron chi connectivity index (χ4n) is 2.85. The Morgan fingerprint density at radius 2 is 1.60 bits per heavy atom. The molecule has 1 fully saturated rings. The van der Waals surface area contributed by atoms with Gasteiger partial charge in [-0.2, -0.15) is 5.26 Å². The third kappa shape index (κ3) is 3.38. The highest BCUT2D eigenvalue weighted by atomic mass is 19.1. The number of benzene rings is 2. The Hall–Kier alpha value is -3.14. The van der Waals surface area contributed by atoms with Crippen LogP contribution in [0.1, 0.15) is 15.9 Å². The molecule has 0 unspecified atom stereocenters. The average Bonchev–Trinajstić information content (AvgIpc) is 2.61. The Bertz CT molecular complexity index is 815. The van der Waals surface area contributed by atoms with Crippen molar-refractivity contribution < 1.29 is 18.7 Å². The van der Waals surface area contributed by atoms with Gasteiger partial charge in [0.1, 0.15) is 11.4 Å². The summed E-state index contributed by atoms with van der Waals surface area (Å²) in [6, 6.07) is 9.66. The lowest BCUT2D eigenvalue weighted by Gasteiger charge is -2.36. The van der Waals surface area contributed by atoms with E-state index in [2.05, 4.69) is 0 Å². The molecular formula is C18H15F2N3O2. The van der Waals surface area contributed by atoms with Crippen LogP contribution in [-0.4, -0.2) is 42.1 Å². The second kappa shape index (κ2) is 6.77. The zero-order valence-electron chi connectivity index (χ0n) is 13.2. The Kier molecular flexibility index (Phi) is 4.52. The van der Waals surface area contributed by atoms with E-state index < -0.39 is 11.6 Å². The van der Waals surface area contributed by atoms with E-state index in [4.69, 9.17) is 5.26 Å². The highest BCUT2D eigenvalue weighted by Crippen LogP contribution is 2.26. The van der Waals surface area contributed by atoms with Crippen molar-refractivity contribution in [1.29, 1.82) is 5.26 Å². The Labute approximate surface area is 143 Å². The van der Waals surface area contributed by atoms with E-state index in [1.165, 1.54) is 29.2 Å². The molecule has 0 atom stereocenters. The average molecular weight is 343 g/mol. The minimum absolute atomic E-state index is 0.0695. The number of phenolic OH excluding ortho intramolecular Hbond substituents is 1. The van der Waals surface area contributed by atoms with E-state index in [9.17, 15) is 18.7 Å². The molecule has 1 heterocycles. The monoisotopic (exact) mass is 343 g/mol. The maximum Gasteiger partial charge on any atom is 0.253 e. The molecule has 128 valence electrons. The first-order valence-electron chi connectivity index (χ1n) is 7.72. The van der Waals surface area contributed by atoms with Crippen LogP contribution in [0.2, 0.25) is 0 Å². The molecule has 0 radical (unpaired) electrons. The van der Waals surface area contributed by atoms with Gasteiger partial charge in [-0.3, -0.25) is 4.79 Å². The number of hydrogen-bond donors (Lipinski definition) is 1. The fourth-order valence-corrected chi connectivity index (χ4v) is 2.85. The number of nitriles is 1. The summed E-state index contributed by atoms with van der Waals surface area (Å²) in [5.74, 6) is -1.68. The van der Waals surface area contributed by atoms with Gasteiger partial charge in [0, 0.05) is 31.7 Å². The predicted octanol–water partition coefficient (Wildman–Crippen LogP) is 2.50. The van der Waals surface area contributed by atoms with Gasteiger partial charge in [0.15, 0.2) is 11.6 Å². The number of carbonyl (C=O) groups excluding carboxylic acids is 1. The van der Waals surface area contributed by atoms with E-state index in [1.807, 2.05) is 0 Å². The molecule has 7 heteroatoms. The standard InChI is InChI=1S/C18H15F2N3O2/c19-15-9-12(11-21)10-16(20)17(15)22-5-7-23(8-6-22)18(25)13-1-3-14(24)4-2-13/h1-4,9-10,24H,5-8H2. The van der Waals surface area contributed by atoms with Crippen molar-refractivity contribution in [2.24, 2.45) is 0 Å². The third-order valence-electron chi connectivity index (χ3n) is 4.14. The molecule has 1 amide bonds. The highest BCUT2D eigenvalue weighted by Gasteiger charge is 2.26. The topological polar surface area (TPSA) is 67.6 Å². The first-order valence-corrected chi connectivity index (χ1v) is 7.72. The zero-order chi connectivity index (χ0) is 18.0. The molecule has 1 aliphatic heterocycles. The van der Waals surface area contributed by atoms with Crippen molar-refractivity contribution in [3.05, 3.63) is 59.2 Å². The minimum Gasteiger partial charge on any atom is -0.508 e. The lowest BCUT2D eigenvalue weighted by atomic mass is 10.1.